The first-order valence-electron chi connectivity index (χ1n) is 9.26. The zero-order valence-electron chi connectivity index (χ0n) is 16.3. The van der Waals surface area contributed by atoms with Crippen LogP contribution in [0.3, 0.4) is 0 Å². The number of carbonyl (C=O) groups excluding carboxylic acids is 3. The van der Waals surface area contributed by atoms with Gasteiger partial charge in [0.2, 0.25) is 16.0 Å². The summed E-state index contributed by atoms with van der Waals surface area (Å²) in [5.74, 6) is -3.98. The van der Waals surface area contributed by atoms with Crippen LogP contribution in [0.25, 0.3) is 0 Å². The van der Waals surface area contributed by atoms with E-state index in [-0.39, 0.29) is 23.8 Å². The summed E-state index contributed by atoms with van der Waals surface area (Å²) in [6.07, 6.45) is -3.72. The molecule has 31 heavy (non-hydrogen) atoms. The number of amides is 2. The molecule has 1 N–H and O–H groups in total. The van der Waals surface area contributed by atoms with E-state index in [2.05, 4.69) is 10.3 Å². The van der Waals surface area contributed by atoms with Gasteiger partial charge in [0.15, 0.2) is 6.04 Å². The number of likely N-dealkylation sites (N-methyl/N-ethyl adjacent to an activating group) is 1. The molecule has 0 aliphatic carbocycles. The number of benzene rings is 1. The topological polar surface area (TPSA) is 116 Å². The number of Topliss-reactive ketones (excluding diaryl/α,β-unsaturated/α-hetero) is 1. The largest absolute Gasteiger partial charge is 0.416 e. The molecule has 0 aromatic heterocycles. The molecule has 1 saturated heterocycles. The second-order valence-electron chi connectivity index (χ2n) is 7.03. The van der Waals surface area contributed by atoms with Crippen LogP contribution in [0.4, 0.5) is 13.2 Å². The van der Waals surface area contributed by atoms with Gasteiger partial charge < -0.3 is 5.32 Å². The molecule has 3 rings (SSSR count). The van der Waals surface area contributed by atoms with Crippen LogP contribution in [-0.4, -0.2) is 66.6 Å². The van der Waals surface area contributed by atoms with E-state index in [0.717, 1.165) is 22.3 Å². The fourth-order valence-corrected chi connectivity index (χ4v) is 4.90. The summed E-state index contributed by atoms with van der Waals surface area (Å²) in [7, 11) is -2.62. The van der Waals surface area contributed by atoms with Crippen LogP contribution in [-0.2, 0) is 37.1 Å². The lowest BCUT2D eigenvalue weighted by molar-refractivity contribution is -0.145. The maximum absolute atomic E-state index is 13.1. The molecule has 2 heterocycles. The van der Waals surface area contributed by atoms with Gasteiger partial charge >= 0.3 is 6.18 Å². The van der Waals surface area contributed by atoms with Gasteiger partial charge in [-0.25, -0.2) is 17.7 Å². The number of aliphatic imine (C=N–C) groups is 1. The van der Waals surface area contributed by atoms with Crippen molar-refractivity contribution in [2.75, 3.05) is 19.3 Å². The molecule has 2 amide bonds. The minimum atomic E-state index is -4.64. The number of alkyl halides is 3. The van der Waals surface area contributed by atoms with E-state index in [0.29, 0.717) is 12.8 Å². The summed E-state index contributed by atoms with van der Waals surface area (Å²) >= 11 is 0. The summed E-state index contributed by atoms with van der Waals surface area (Å²) in [5, 5.41) is 2.19. The lowest BCUT2D eigenvalue weighted by Crippen LogP contribution is -2.58. The molecule has 9 nitrogen and oxygen atoms in total. The maximum atomic E-state index is 13.1. The number of ketones is 1. The summed E-state index contributed by atoms with van der Waals surface area (Å²) in [6.45, 7) is -0.532. The first kappa shape index (κ1) is 22.7. The minimum absolute atomic E-state index is 0.0280. The second kappa shape index (κ2) is 8.29. The molecule has 0 spiro atoms. The zero-order valence-corrected chi connectivity index (χ0v) is 17.2. The van der Waals surface area contributed by atoms with Crippen molar-refractivity contribution in [1.29, 1.82) is 0 Å². The van der Waals surface area contributed by atoms with Gasteiger partial charge in [0.25, 0.3) is 17.6 Å². The van der Waals surface area contributed by atoms with Crippen LogP contribution in [0.1, 0.15) is 24.0 Å². The standard InChI is InChI=1S/C18H19F3N4O5S/c1-24-16(28)14(26)13(23-17(24)25-8-4-5-9-31(25,29)30)15(27)22-10-11-6-2-3-7-12(11)18(19,20)21/h2-3,6-7,13H,4-5,8-10H2,1H3,(H,22,27). The molecular formula is C18H19F3N4O5S. The molecule has 1 atom stereocenters. The quantitative estimate of drug-likeness (QED) is 0.521. The lowest BCUT2D eigenvalue weighted by Gasteiger charge is -2.35. The van der Waals surface area contributed by atoms with E-state index in [4.69, 9.17) is 0 Å². The van der Waals surface area contributed by atoms with Crippen LogP contribution >= 0.6 is 0 Å². The first-order valence-corrected chi connectivity index (χ1v) is 10.9. The molecule has 13 heteroatoms. The Morgan fingerprint density at radius 1 is 1.23 bits per heavy atom. The Morgan fingerprint density at radius 2 is 1.90 bits per heavy atom. The van der Waals surface area contributed by atoms with Crippen molar-refractivity contribution in [2.45, 2.75) is 31.6 Å². The minimum Gasteiger partial charge on any atom is -0.350 e. The van der Waals surface area contributed by atoms with E-state index < -0.39 is 51.9 Å². The summed E-state index contributed by atoms with van der Waals surface area (Å²) in [5.41, 5.74) is -1.19. The molecule has 1 fully saturated rings. The highest BCUT2D eigenvalue weighted by molar-refractivity contribution is 7.89. The van der Waals surface area contributed by atoms with Crippen LogP contribution in [0.5, 0.6) is 0 Å². The average molecular weight is 460 g/mol. The Morgan fingerprint density at radius 3 is 2.55 bits per heavy atom. The number of nitrogens with zero attached hydrogens (tertiary/aromatic N) is 3. The maximum Gasteiger partial charge on any atom is 0.416 e. The third kappa shape index (κ3) is 4.55. The fraction of sp³-hybridized carbons (Fsp3) is 0.444. The fourth-order valence-electron chi connectivity index (χ4n) is 3.29. The Kier molecular flexibility index (Phi) is 6.07. The number of halogens is 3. The normalized spacial score (nSPS) is 21.7. The van der Waals surface area contributed by atoms with E-state index in [1.54, 1.807) is 0 Å². The Labute approximate surface area is 176 Å². The third-order valence-corrected chi connectivity index (χ3v) is 6.73. The first-order chi connectivity index (χ1) is 14.4. The molecule has 1 unspecified atom stereocenters. The van der Waals surface area contributed by atoms with Gasteiger partial charge in [0, 0.05) is 20.1 Å². The highest BCUT2D eigenvalue weighted by atomic mass is 32.2. The Hall–Kier alpha value is -2.96. The van der Waals surface area contributed by atoms with Crippen molar-refractivity contribution in [3.8, 4) is 0 Å². The van der Waals surface area contributed by atoms with Gasteiger partial charge in [0.05, 0.1) is 11.3 Å². The third-order valence-electron chi connectivity index (χ3n) is 4.90. The molecule has 0 bridgehead atoms. The van der Waals surface area contributed by atoms with Crippen LogP contribution in [0.15, 0.2) is 29.3 Å². The molecule has 2 aliphatic rings. The number of guanidine groups is 1. The molecule has 0 radical (unpaired) electrons. The van der Waals surface area contributed by atoms with Gasteiger partial charge in [0.1, 0.15) is 0 Å². The predicted molar refractivity (Wildman–Crippen MR) is 102 cm³/mol. The van der Waals surface area contributed by atoms with Crippen LogP contribution in [0, 0.1) is 0 Å². The number of hydrogen-bond donors (Lipinski definition) is 1. The number of sulfonamides is 1. The predicted octanol–water partition coefficient (Wildman–Crippen LogP) is 0.513. The highest BCUT2D eigenvalue weighted by Crippen LogP contribution is 2.31. The van der Waals surface area contributed by atoms with E-state index in [9.17, 15) is 36.0 Å². The molecule has 0 saturated carbocycles. The molecule has 168 valence electrons. The van der Waals surface area contributed by atoms with Crippen molar-refractivity contribution < 1.29 is 36.0 Å². The Balaban J connectivity index is 1.86. The smallest absolute Gasteiger partial charge is 0.350 e. The van der Waals surface area contributed by atoms with Crippen molar-refractivity contribution >= 4 is 33.6 Å². The molecule has 1 aromatic carbocycles. The molecular weight excluding hydrogens is 441 g/mol. The van der Waals surface area contributed by atoms with Crippen molar-refractivity contribution in [3.63, 3.8) is 0 Å². The van der Waals surface area contributed by atoms with Gasteiger partial charge in [-0.1, -0.05) is 18.2 Å². The monoisotopic (exact) mass is 460 g/mol. The van der Waals surface area contributed by atoms with E-state index in [1.807, 2.05) is 0 Å². The van der Waals surface area contributed by atoms with Gasteiger partial charge in [-0.2, -0.15) is 13.2 Å². The molecule has 1 aromatic rings. The number of hydrogen-bond acceptors (Lipinski definition) is 6. The van der Waals surface area contributed by atoms with E-state index >= 15 is 0 Å². The van der Waals surface area contributed by atoms with E-state index in [1.165, 1.54) is 18.2 Å². The lowest BCUT2D eigenvalue weighted by atomic mass is 10.1. The second-order valence-corrected chi connectivity index (χ2v) is 9.04. The van der Waals surface area contributed by atoms with Crippen LogP contribution < -0.4 is 5.32 Å². The van der Waals surface area contributed by atoms with Crippen molar-refractivity contribution in [1.82, 2.24) is 14.5 Å². The number of carbonyl (C=O) groups is 3. The zero-order chi connectivity index (χ0) is 23.0. The summed E-state index contributed by atoms with van der Waals surface area (Å²) in [6, 6.07) is 2.68. The average Bonchev–Trinajstić information content (AvgIpc) is 2.70. The van der Waals surface area contributed by atoms with Gasteiger partial charge in [-0.15, -0.1) is 0 Å². The van der Waals surface area contributed by atoms with Gasteiger partial charge in [-0.05, 0) is 24.5 Å². The van der Waals surface area contributed by atoms with Gasteiger partial charge in [-0.3, -0.25) is 19.3 Å². The molecule has 2 aliphatic heterocycles. The SMILES string of the molecule is CN1C(=O)C(=O)C(C(=O)NCc2ccccc2C(F)(F)F)N=C1N1CCCCS1(=O)=O. The Bertz CT molecular complexity index is 1050. The van der Waals surface area contributed by atoms with Crippen molar-refractivity contribution in [2.24, 2.45) is 4.99 Å². The number of nitrogens with one attached hydrogen (secondary N) is 1. The van der Waals surface area contributed by atoms with Crippen LogP contribution in [0.2, 0.25) is 0 Å². The summed E-state index contributed by atoms with van der Waals surface area (Å²) < 4.78 is 64.9. The van der Waals surface area contributed by atoms with Crippen molar-refractivity contribution in [3.05, 3.63) is 35.4 Å². The summed E-state index contributed by atoms with van der Waals surface area (Å²) in [4.78, 5) is 41.8. The number of rotatable bonds is 3. The highest BCUT2D eigenvalue weighted by Gasteiger charge is 2.43.